The van der Waals surface area contributed by atoms with Crippen molar-refractivity contribution in [1.82, 2.24) is 4.90 Å². The van der Waals surface area contributed by atoms with Crippen LogP contribution in [0, 0.1) is 35.5 Å². The fraction of sp³-hybridized carbons (Fsp3) is 0.389. The summed E-state index contributed by atoms with van der Waals surface area (Å²) in [6.45, 7) is 0. The Bertz CT molecular complexity index is 765. The zero-order valence-corrected chi connectivity index (χ0v) is 12.9. The van der Waals surface area contributed by atoms with Gasteiger partial charge in [-0.2, -0.15) is 0 Å². The van der Waals surface area contributed by atoms with E-state index in [2.05, 4.69) is 12.2 Å². The van der Waals surface area contributed by atoms with Gasteiger partial charge in [-0.1, -0.05) is 35.9 Å². The third-order valence-electron chi connectivity index (χ3n) is 5.97. The Labute approximate surface area is 138 Å². The fourth-order valence-corrected chi connectivity index (χ4v) is 5.13. The van der Waals surface area contributed by atoms with Gasteiger partial charge in [0.2, 0.25) is 11.8 Å². The molecule has 1 aromatic rings. The molecule has 23 heavy (non-hydrogen) atoms. The highest BCUT2D eigenvalue weighted by atomic mass is 35.5. The molecule has 5 aliphatic rings. The number of imide groups is 3. The number of halogens is 1. The summed E-state index contributed by atoms with van der Waals surface area (Å²) in [5.41, 5.74) is 0.208. The lowest BCUT2D eigenvalue weighted by Gasteiger charge is -2.37. The van der Waals surface area contributed by atoms with E-state index in [1.165, 1.54) is 0 Å². The predicted octanol–water partition coefficient (Wildman–Crippen LogP) is 2.53. The summed E-state index contributed by atoms with van der Waals surface area (Å²) in [4.78, 5) is 39.3. The minimum absolute atomic E-state index is 0.121. The molecule has 3 amide bonds. The van der Waals surface area contributed by atoms with Crippen molar-refractivity contribution < 1.29 is 14.4 Å². The second-order valence-electron chi connectivity index (χ2n) is 6.95. The Hall–Kier alpha value is -1.94. The Kier molecular flexibility index (Phi) is 2.54. The summed E-state index contributed by atoms with van der Waals surface area (Å²) in [5.74, 6) is -0.680. The summed E-state index contributed by atoms with van der Waals surface area (Å²) in [6.07, 6.45) is 5.29. The van der Waals surface area contributed by atoms with E-state index < -0.39 is 5.91 Å². The third kappa shape index (κ3) is 1.59. The number of likely N-dealkylation sites (tertiary alicyclic amines) is 1. The molecular weight excluding hydrogens is 314 g/mol. The molecule has 4 aliphatic carbocycles. The molecular formula is C18H14ClNO3. The first kappa shape index (κ1) is 13.5. The van der Waals surface area contributed by atoms with Gasteiger partial charge in [-0.05, 0) is 42.2 Å². The Morgan fingerprint density at radius 2 is 1.57 bits per heavy atom. The standard InChI is InChI=1S/C18H14ClNO3/c19-13-4-2-1-3-10(13)16(21)20-17(22)14-8-5-6-9(12-7-11(8)12)15(14)18(20)23/h1-6,8-9,11-12,14-15H,7H2/t8-,9-,11-,12-,14-,15+/m0/s1. The van der Waals surface area contributed by atoms with Crippen LogP contribution in [0.25, 0.3) is 0 Å². The Morgan fingerprint density at radius 1 is 1.00 bits per heavy atom. The third-order valence-corrected chi connectivity index (χ3v) is 6.30. The van der Waals surface area contributed by atoms with Gasteiger partial charge in [-0.3, -0.25) is 14.4 Å². The molecule has 6 atom stereocenters. The van der Waals surface area contributed by atoms with Crippen LogP contribution in [-0.4, -0.2) is 22.6 Å². The van der Waals surface area contributed by atoms with Crippen LogP contribution >= 0.6 is 11.6 Å². The molecule has 2 bridgehead atoms. The average molecular weight is 328 g/mol. The summed E-state index contributed by atoms with van der Waals surface area (Å²) in [6, 6.07) is 6.53. The summed E-state index contributed by atoms with van der Waals surface area (Å²) in [7, 11) is 0. The smallest absolute Gasteiger partial charge is 0.268 e. The number of carbonyl (C=O) groups excluding carboxylic acids is 3. The van der Waals surface area contributed by atoms with E-state index in [1.54, 1.807) is 24.3 Å². The number of nitrogens with zero attached hydrogens (tertiary/aromatic N) is 1. The maximum Gasteiger partial charge on any atom is 0.268 e. The van der Waals surface area contributed by atoms with Crippen LogP contribution in [0.2, 0.25) is 5.02 Å². The number of rotatable bonds is 1. The molecule has 0 radical (unpaired) electrons. The van der Waals surface area contributed by atoms with Crippen molar-refractivity contribution in [1.29, 1.82) is 0 Å². The molecule has 0 aromatic heterocycles. The highest BCUT2D eigenvalue weighted by molar-refractivity contribution is 6.35. The van der Waals surface area contributed by atoms with Crippen LogP contribution in [-0.2, 0) is 9.59 Å². The first-order valence-electron chi connectivity index (χ1n) is 7.94. The van der Waals surface area contributed by atoms with E-state index in [1.807, 2.05) is 0 Å². The largest absolute Gasteiger partial charge is 0.274 e. The molecule has 0 N–H and O–H groups in total. The maximum absolute atomic E-state index is 12.8. The van der Waals surface area contributed by atoms with E-state index in [0.29, 0.717) is 11.8 Å². The van der Waals surface area contributed by atoms with Crippen LogP contribution < -0.4 is 0 Å². The van der Waals surface area contributed by atoms with Crippen molar-refractivity contribution >= 4 is 29.3 Å². The lowest BCUT2D eigenvalue weighted by molar-refractivity contribution is -0.136. The van der Waals surface area contributed by atoms with Crippen molar-refractivity contribution in [3.63, 3.8) is 0 Å². The van der Waals surface area contributed by atoms with Crippen LogP contribution in [0.3, 0.4) is 0 Å². The zero-order chi connectivity index (χ0) is 15.9. The van der Waals surface area contributed by atoms with Crippen molar-refractivity contribution in [2.24, 2.45) is 35.5 Å². The molecule has 0 spiro atoms. The fourth-order valence-electron chi connectivity index (χ4n) is 4.91. The molecule has 5 heteroatoms. The zero-order valence-electron chi connectivity index (χ0n) is 12.2. The van der Waals surface area contributed by atoms with Gasteiger partial charge in [0, 0.05) is 0 Å². The number of carbonyl (C=O) groups is 3. The van der Waals surface area contributed by atoms with Crippen molar-refractivity contribution in [3.05, 3.63) is 47.0 Å². The summed E-state index contributed by atoms with van der Waals surface area (Å²) in [5, 5.41) is 0.261. The van der Waals surface area contributed by atoms with Crippen molar-refractivity contribution in [3.8, 4) is 0 Å². The number of allylic oxidation sites excluding steroid dienone is 2. The molecule has 4 nitrogen and oxygen atoms in total. The number of hydrogen-bond donors (Lipinski definition) is 0. The first-order chi connectivity index (χ1) is 11.1. The van der Waals surface area contributed by atoms with Gasteiger partial charge < -0.3 is 0 Å². The van der Waals surface area contributed by atoms with Crippen LogP contribution in [0.15, 0.2) is 36.4 Å². The molecule has 0 unspecified atom stereocenters. The second-order valence-corrected chi connectivity index (χ2v) is 7.36. The number of hydrogen-bond acceptors (Lipinski definition) is 3. The van der Waals surface area contributed by atoms with Gasteiger partial charge >= 0.3 is 0 Å². The van der Waals surface area contributed by atoms with Crippen LogP contribution in [0.5, 0.6) is 0 Å². The lowest BCUT2D eigenvalue weighted by Crippen LogP contribution is -2.40. The highest BCUT2D eigenvalue weighted by Crippen LogP contribution is 2.65. The Morgan fingerprint density at radius 3 is 2.13 bits per heavy atom. The van der Waals surface area contributed by atoms with Crippen LogP contribution in [0.4, 0.5) is 0 Å². The molecule has 3 fully saturated rings. The lowest BCUT2D eigenvalue weighted by atomic mass is 9.63. The Balaban J connectivity index is 1.55. The van der Waals surface area contributed by atoms with Gasteiger partial charge in [0.15, 0.2) is 0 Å². The van der Waals surface area contributed by atoms with E-state index in [4.69, 9.17) is 11.6 Å². The minimum Gasteiger partial charge on any atom is -0.274 e. The molecule has 1 heterocycles. The number of amides is 3. The van der Waals surface area contributed by atoms with E-state index in [-0.39, 0.29) is 46.1 Å². The topological polar surface area (TPSA) is 54.5 Å². The highest BCUT2D eigenvalue weighted by Gasteiger charge is 2.67. The van der Waals surface area contributed by atoms with Gasteiger partial charge in [-0.15, -0.1) is 0 Å². The van der Waals surface area contributed by atoms with Gasteiger partial charge in [0.25, 0.3) is 5.91 Å². The molecule has 1 aromatic carbocycles. The molecule has 1 saturated heterocycles. The average Bonchev–Trinajstić information content (AvgIpc) is 3.32. The van der Waals surface area contributed by atoms with E-state index in [9.17, 15) is 14.4 Å². The van der Waals surface area contributed by atoms with Crippen molar-refractivity contribution in [2.75, 3.05) is 0 Å². The normalized spacial score (nSPS) is 39.4. The van der Waals surface area contributed by atoms with E-state index >= 15 is 0 Å². The maximum atomic E-state index is 12.8. The molecule has 116 valence electrons. The number of benzene rings is 1. The summed E-state index contributed by atoms with van der Waals surface area (Å²) >= 11 is 6.06. The first-order valence-corrected chi connectivity index (χ1v) is 8.32. The van der Waals surface area contributed by atoms with Gasteiger partial charge in [0.05, 0.1) is 22.4 Å². The molecule has 1 aliphatic heterocycles. The minimum atomic E-state index is -0.590. The molecule has 6 rings (SSSR count). The van der Waals surface area contributed by atoms with Gasteiger partial charge in [-0.25, -0.2) is 4.90 Å². The van der Waals surface area contributed by atoms with Crippen molar-refractivity contribution in [2.45, 2.75) is 6.42 Å². The van der Waals surface area contributed by atoms with E-state index in [0.717, 1.165) is 11.3 Å². The SMILES string of the molecule is O=C(c1ccccc1Cl)N1C(=O)[C@@H]2[C@H]3C=C[C@@H]([C@@H]4C[C@@H]34)[C@@H]2C1=O. The summed E-state index contributed by atoms with van der Waals surface area (Å²) < 4.78 is 0. The quantitative estimate of drug-likeness (QED) is 0.588. The molecule has 2 saturated carbocycles. The monoisotopic (exact) mass is 327 g/mol. The van der Waals surface area contributed by atoms with Crippen LogP contribution in [0.1, 0.15) is 16.8 Å². The van der Waals surface area contributed by atoms with Gasteiger partial charge in [0.1, 0.15) is 0 Å². The second kappa shape index (κ2) is 4.32. The predicted molar refractivity (Wildman–Crippen MR) is 82.3 cm³/mol.